The Hall–Kier alpha value is -1.23. The molecule has 0 radical (unpaired) electrons. The summed E-state index contributed by atoms with van der Waals surface area (Å²) in [6.07, 6.45) is 1.84. The van der Waals surface area contributed by atoms with Gasteiger partial charge in [-0.15, -0.1) is 0 Å². The van der Waals surface area contributed by atoms with Crippen LogP contribution < -0.4 is 0 Å². The number of nitro groups is 1. The van der Waals surface area contributed by atoms with Crippen molar-refractivity contribution in [2.75, 3.05) is 0 Å². The Labute approximate surface area is 73.0 Å². The highest BCUT2D eigenvalue weighted by atomic mass is 32.1. The molecular formula is C7H7NO3S. The molecule has 12 heavy (non-hydrogen) atoms. The van der Waals surface area contributed by atoms with Gasteiger partial charge in [0.25, 0.3) is 0 Å². The number of hydrogen-bond donors (Lipinski definition) is 0. The Morgan fingerprint density at radius 1 is 1.58 bits per heavy atom. The van der Waals surface area contributed by atoms with Crippen LogP contribution in [0.1, 0.15) is 11.3 Å². The first-order valence-electron chi connectivity index (χ1n) is 3.41. The van der Waals surface area contributed by atoms with Crippen molar-refractivity contribution in [1.82, 2.24) is 0 Å². The lowest BCUT2D eigenvalue weighted by Crippen LogP contribution is -1.81. The number of carbonyl (C=O) groups is 1. The number of aryl methyl sites for hydroxylation is 1. The maximum Gasteiger partial charge on any atom is 0.324 e. The highest BCUT2D eigenvalue weighted by Crippen LogP contribution is 2.24. The largest absolute Gasteiger partial charge is 0.324 e. The molecule has 0 amide bonds. The first-order chi connectivity index (χ1) is 5.74. The molecular weight excluding hydrogens is 178 g/mol. The van der Waals surface area contributed by atoms with E-state index in [0.717, 1.165) is 22.5 Å². The van der Waals surface area contributed by atoms with Gasteiger partial charge < -0.3 is 4.79 Å². The fourth-order valence-corrected chi connectivity index (χ4v) is 1.64. The van der Waals surface area contributed by atoms with E-state index in [1.807, 2.05) is 0 Å². The van der Waals surface area contributed by atoms with E-state index in [4.69, 9.17) is 0 Å². The van der Waals surface area contributed by atoms with Crippen LogP contribution in [0.5, 0.6) is 0 Å². The zero-order valence-electron chi connectivity index (χ0n) is 6.23. The minimum absolute atomic E-state index is 0.135. The summed E-state index contributed by atoms with van der Waals surface area (Å²) in [6, 6.07) is 3.15. The van der Waals surface area contributed by atoms with E-state index in [1.54, 1.807) is 6.07 Å². The zero-order valence-corrected chi connectivity index (χ0v) is 7.04. The molecule has 0 fully saturated rings. The number of nitrogens with zero attached hydrogens (tertiary/aromatic N) is 1. The molecule has 0 saturated carbocycles. The van der Waals surface area contributed by atoms with Crippen molar-refractivity contribution in [3.05, 3.63) is 27.1 Å². The van der Waals surface area contributed by atoms with Gasteiger partial charge >= 0.3 is 5.00 Å². The van der Waals surface area contributed by atoms with Gasteiger partial charge in [-0.1, -0.05) is 11.3 Å². The summed E-state index contributed by atoms with van der Waals surface area (Å²) in [5.74, 6) is 0. The number of carbonyl (C=O) groups excluding carboxylic acids is 1. The lowest BCUT2D eigenvalue weighted by atomic mass is 10.3. The van der Waals surface area contributed by atoms with Crippen LogP contribution in [0.25, 0.3) is 0 Å². The summed E-state index contributed by atoms with van der Waals surface area (Å²) in [7, 11) is 0. The summed E-state index contributed by atoms with van der Waals surface area (Å²) in [4.78, 5) is 20.7. The second-order valence-electron chi connectivity index (χ2n) is 2.20. The third-order valence-electron chi connectivity index (χ3n) is 1.34. The van der Waals surface area contributed by atoms with E-state index in [9.17, 15) is 14.9 Å². The average molecular weight is 185 g/mol. The van der Waals surface area contributed by atoms with Crippen LogP contribution >= 0.6 is 11.3 Å². The van der Waals surface area contributed by atoms with E-state index >= 15 is 0 Å². The van der Waals surface area contributed by atoms with E-state index < -0.39 is 4.92 Å². The molecule has 0 N–H and O–H groups in total. The smallest absolute Gasteiger partial charge is 0.303 e. The first kappa shape index (κ1) is 8.86. The fourth-order valence-electron chi connectivity index (χ4n) is 0.800. The molecule has 1 heterocycles. The predicted octanol–water partition coefficient (Wildman–Crippen LogP) is 1.79. The van der Waals surface area contributed by atoms with Gasteiger partial charge in [-0.25, -0.2) is 0 Å². The second-order valence-corrected chi connectivity index (χ2v) is 3.35. The highest BCUT2D eigenvalue weighted by Gasteiger charge is 2.08. The van der Waals surface area contributed by atoms with E-state index in [2.05, 4.69) is 0 Å². The molecule has 0 aliphatic carbocycles. The lowest BCUT2D eigenvalue weighted by Gasteiger charge is -1.85. The van der Waals surface area contributed by atoms with Gasteiger partial charge in [0.05, 0.1) is 4.92 Å². The topological polar surface area (TPSA) is 60.2 Å². The number of thiophene rings is 1. The Morgan fingerprint density at radius 3 is 2.83 bits per heavy atom. The van der Waals surface area contributed by atoms with Crippen molar-refractivity contribution in [2.24, 2.45) is 0 Å². The molecule has 0 aliphatic heterocycles. The number of hydrogen-bond acceptors (Lipinski definition) is 4. The third kappa shape index (κ3) is 2.13. The molecule has 64 valence electrons. The lowest BCUT2D eigenvalue weighted by molar-refractivity contribution is -0.380. The SMILES string of the molecule is O=CCCc1ccc([N+](=O)[O-])s1. The minimum atomic E-state index is -0.422. The molecule has 1 rings (SSSR count). The zero-order chi connectivity index (χ0) is 8.97. The molecule has 0 aromatic carbocycles. The summed E-state index contributed by atoms with van der Waals surface area (Å²) in [5, 5.41) is 10.4. The van der Waals surface area contributed by atoms with Crippen LogP contribution in [0.2, 0.25) is 0 Å². The molecule has 0 atom stereocenters. The molecule has 1 aromatic rings. The van der Waals surface area contributed by atoms with Crippen molar-refractivity contribution in [2.45, 2.75) is 12.8 Å². The van der Waals surface area contributed by atoms with Crippen molar-refractivity contribution >= 4 is 22.6 Å². The van der Waals surface area contributed by atoms with Crippen molar-refractivity contribution in [3.8, 4) is 0 Å². The fraction of sp³-hybridized carbons (Fsp3) is 0.286. The summed E-state index contributed by atoms with van der Waals surface area (Å²) < 4.78 is 0. The van der Waals surface area contributed by atoms with Gasteiger partial charge in [0.15, 0.2) is 0 Å². The van der Waals surface area contributed by atoms with Gasteiger partial charge in [-0.3, -0.25) is 10.1 Å². The van der Waals surface area contributed by atoms with Crippen LogP contribution in [0, 0.1) is 10.1 Å². The van der Waals surface area contributed by atoms with Gasteiger partial charge in [-0.2, -0.15) is 0 Å². The van der Waals surface area contributed by atoms with Crippen molar-refractivity contribution in [3.63, 3.8) is 0 Å². The van der Waals surface area contributed by atoms with Crippen molar-refractivity contribution < 1.29 is 9.72 Å². The average Bonchev–Trinajstić information content (AvgIpc) is 2.48. The molecule has 0 spiro atoms. The van der Waals surface area contributed by atoms with E-state index in [1.165, 1.54) is 6.07 Å². The Bertz CT molecular complexity index is 295. The summed E-state index contributed by atoms with van der Waals surface area (Å²) >= 11 is 1.12. The molecule has 0 unspecified atom stereocenters. The maximum absolute atomic E-state index is 10.2. The molecule has 1 aromatic heterocycles. The molecule has 5 heteroatoms. The molecule has 0 saturated heterocycles. The summed E-state index contributed by atoms with van der Waals surface area (Å²) in [6.45, 7) is 0. The van der Waals surface area contributed by atoms with E-state index in [-0.39, 0.29) is 5.00 Å². The van der Waals surface area contributed by atoms with Crippen LogP contribution in [-0.4, -0.2) is 11.2 Å². The quantitative estimate of drug-likeness (QED) is 0.408. The first-order valence-corrected chi connectivity index (χ1v) is 4.22. The highest BCUT2D eigenvalue weighted by molar-refractivity contribution is 7.15. The minimum Gasteiger partial charge on any atom is -0.303 e. The number of rotatable bonds is 4. The standard InChI is InChI=1S/C7H7NO3S/c9-5-1-2-6-3-4-7(12-6)8(10)11/h3-5H,1-2H2. The maximum atomic E-state index is 10.2. The molecule has 0 bridgehead atoms. The van der Waals surface area contributed by atoms with Gasteiger partial charge in [0.1, 0.15) is 6.29 Å². The Balaban J connectivity index is 2.64. The number of aldehydes is 1. The monoisotopic (exact) mass is 185 g/mol. The predicted molar refractivity (Wildman–Crippen MR) is 45.4 cm³/mol. The van der Waals surface area contributed by atoms with Crippen molar-refractivity contribution in [1.29, 1.82) is 0 Å². The van der Waals surface area contributed by atoms with Gasteiger partial charge in [-0.05, 0) is 12.5 Å². The van der Waals surface area contributed by atoms with Gasteiger partial charge in [0.2, 0.25) is 0 Å². The van der Waals surface area contributed by atoms with Crippen LogP contribution in [0.3, 0.4) is 0 Å². The second kappa shape index (κ2) is 3.96. The summed E-state index contributed by atoms with van der Waals surface area (Å²) in [5.41, 5.74) is 0. The normalized spacial score (nSPS) is 9.67. The van der Waals surface area contributed by atoms with Crippen LogP contribution in [0.4, 0.5) is 5.00 Å². The van der Waals surface area contributed by atoms with Gasteiger partial charge in [0, 0.05) is 17.4 Å². The third-order valence-corrected chi connectivity index (χ3v) is 2.43. The molecule has 0 aliphatic rings. The van der Waals surface area contributed by atoms with E-state index in [0.29, 0.717) is 12.8 Å². The van der Waals surface area contributed by atoms with Crippen LogP contribution in [0.15, 0.2) is 12.1 Å². The Morgan fingerprint density at radius 2 is 2.33 bits per heavy atom. The Kier molecular flexibility index (Phi) is 2.93. The molecule has 4 nitrogen and oxygen atoms in total. The van der Waals surface area contributed by atoms with Crippen LogP contribution in [-0.2, 0) is 11.2 Å².